The molecule has 0 aliphatic carbocycles. The molecule has 1 atom stereocenters. The van der Waals surface area contributed by atoms with E-state index in [1.165, 1.54) is 16.3 Å². The summed E-state index contributed by atoms with van der Waals surface area (Å²) < 4.78 is 6.50. The Morgan fingerprint density at radius 2 is 0.925 bits per heavy atom. The molecule has 10 rings (SSSR count). The van der Waals surface area contributed by atoms with Crippen LogP contribution in [-0.4, -0.2) is 11.7 Å². The molecule has 4 nitrogen and oxygen atoms in total. The lowest BCUT2D eigenvalue weighted by Crippen LogP contribution is -2.36. The smallest absolute Gasteiger partial charge is 0.170 e. The Labute approximate surface area is 307 Å². The summed E-state index contributed by atoms with van der Waals surface area (Å²) in [7, 11) is 0. The summed E-state index contributed by atoms with van der Waals surface area (Å²) >= 11 is 0. The van der Waals surface area contributed by atoms with Crippen LogP contribution in [0.15, 0.2) is 202 Å². The van der Waals surface area contributed by atoms with Crippen molar-refractivity contribution in [2.24, 2.45) is 9.98 Å². The Hall–Kier alpha value is -7.04. The van der Waals surface area contributed by atoms with E-state index in [1.54, 1.807) is 0 Å². The summed E-state index contributed by atoms with van der Waals surface area (Å²) in [5.41, 5.74) is 11.5. The van der Waals surface area contributed by atoms with E-state index in [1.807, 2.05) is 24.3 Å². The van der Waals surface area contributed by atoms with Gasteiger partial charge in [0, 0.05) is 27.5 Å². The van der Waals surface area contributed by atoms with E-state index in [2.05, 4.69) is 169 Å². The van der Waals surface area contributed by atoms with Crippen LogP contribution in [-0.2, 0) is 0 Å². The maximum atomic E-state index is 6.50. The zero-order chi connectivity index (χ0) is 35.1. The lowest BCUT2D eigenvalue weighted by molar-refractivity contribution is 0.668. The Kier molecular flexibility index (Phi) is 7.51. The maximum Gasteiger partial charge on any atom is 0.170 e. The van der Waals surface area contributed by atoms with Crippen molar-refractivity contribution in [3.05, 3.63) is 205 Å². The first-order valence-corrected chi connectivity index (χ1v) is 17.9. The molecule has 53 heavy (non-hydrogen) atoms. The largest absolute Gasteiger partial charge is 0.456 e. The van der Waals surface area contributed by atoms with Crippen LogP contribution in [0.4, 0.5) is 0 Å². The molecule has 250 valence electrons. The number of benzene rings is 8. The van der Waals surface area contributed by atoms with E-state index >= 15 is 0 Å². The second-order valence-corrected chi connectivity index (χ2v) is 13.4. The molecule has 1 aliphatic heterocycles. The lowest BCUT2D eigenvalue weighted by Gasteiger charge is -2.23. The molecule has 0 radical (unpaired) electrons. The van der Waals surface area contributed by atoms with Gasteiger partial charge in [-0.25, -0.2) is 9.98 Å². The van der Waals surface area contributed by atoms with Crippen molar-refractivity contribution in [2.45, 2.75) is 6.17 Å². The van der Waals surface area contributed by atoms with Gasteiger partial charge < -0.3 is 9.73 Å². The van der Waals surface area contributed by atoms with E-state index in [0.717, 1.165) is 78.1 Å². The summed E-state index contributed by atoms with van der Waals surface area (Å²) in [5, 5.41) is 8.17. The number of hydrogen-bond acceptors (Lipinski definition) is 4. The van der Waals surface area contributed by atoms with Crippen molar-refractivity contribution in [3.63, 3.8) is 0 Å². The van der Waals surface area contributed by atoms with Crippen molar-refractivity contribution in [1.29, 1.82) is 0 Å². The molecule has 0 amide bonds. The zero-order valence-corrected chi connectivity index (χ0v) is 28.8. The first kappa shape index (κ1) is 30.8. The quantitative estimate of drug-likeness (QED) is 0.190. The minimum atomic E-state index is -0.500. The first-order chi connectivity index (χ1) is 26.2. The maximum absolute atomic E-state index is 6.50. The summed E-state index contributed by atoms with van der Waals surface area (Å²) in [6.07, 6.45) is -0.500. The van der Waals surface area contributed by atoms with Crippen LogP contribution in [0.1, 0.15) is 22.9 Å². The molecule has 1 aromatic heterocycles. The third kappa shape index (κ3) is 5.77. The third-order valence-corrected chi connectivity index (χ3v) is 10.1. The topological polar surface area (TPSA) is 49.9 Å². The van der Waals surface area contributed by atoms with Gasteiger partial charge in [-0.3, -0.25) is 0 Å². The standard InChI is InChI=1S/C49H33N3O/c1-3-11-32(12-4-1)38-17-9-18-41(30-38)48-50-47(36-24-21-35(22-25-36)39-26-23-34-15-7-8-16-37(34)29-39)51-49(52-48)43-19-10-20-44-46(43)42-28-27-40(31-45(42)53-44)33-13-5-2-6-14-33/h1-31,49H,(H,50,51,52). The Morgan fingerprint density at radius 1 is 0.377 bits per heavy atom. The molecule has 8 aromatic carbocycles. The van der Waals surface area contributed by atoms with Crippen LogP contribution in [0.3, 0.4) is 0 Å². The lowest BCUT2D eigenvalue weighted by atomic mass is 9.99. The van der Waals surface area contributed by atoms with E-state index in [4.69, 9.17) is 14.4 Å². The average Bonchev–Trinajstić information content (AvgIpc) is 3.62. The van der Waals surface area contributed by atoms with Gasteiger partial charge in [0.25, 0.3) is 0 Å². The predicted octanol–water partition coefficient (Wildman–Crippen LogP) is 12.2. The normalized spacial score (nSPS) is 14.2. The molecule has 0 saturated heterocycles. The molecule has 2 heterocycles. The van der Waals surface area contributed by atoms with E-state index < -0.39 is 6.17 Å². The summed E-state index contributed by atoms with van der Waals surface area (Å²) in [5.74, 6) is 1.54. The van der Waals surface area contributed by atoms with Crippen LogP contribution in [0.5, 0.6) is 0 Å². The number of furan rings is 1. The molecule has 9 aromatic rings. The number of nitrogens with zero attached hydrogens (tertiary/aromatic N) is 2. The minimum absolute atomic E-state index is 0.500. The van der Waals surface area contributed by atoms with Crippen LogP contribution >= 0.6 is 0 Å². The molecule has 0 saturated carbocycles. The number of nitrogens with one attached hydrogen (secondary N) is 1. The molecule has 1 unspecified atom stereocenters. The number of aliphatic imine (C=N–C) groups is 2. The Balaban J connectivity index is 1.08. The zero-order valence-electron chi connectivity index (χ0n) is 28.8. The van der Waals surface area contributed by atoms with Gasteiger partial charge >= 0.3 is 0 Å². The minimum Gasteiger partial charge on any atom is -0.456 e. The Morgan fingerprint density at radius 3 is 1.70 bits per heavy atom. The number of hydrogen-bond donors (Lipinski definition) is 1. The highest BCUT2D eigenvalue weighted by Crippen LogP contribution is 2.38. The predicted molar refractivity (Wildman–Crippen MR) is 219 cm³/mol. The van der Waals surface area contributed by atoms with Crippen molar-refractivity contribution in [1.82, 2.24) is 5.32 Å². The second kappa shape index (κ2) is 12.9. The molecule has 4 heteroatoms. The van der Waals surface area contributed by atoms with Gasteiger partial charge in [0.1, 0.15) is 22.8 Å². The summed E-state index contributed by atoms with van der Waals surface area (Å²) in [6, 6.07) is 65.8. The first-order valence-electron chi connectivity index (χ1n) is 17.9. The monoisotopic (exact) mass is 679 g/mol. The molecule has 1 N–H and O–H groups in total. The van der Waals surface area contributed by atoms with Gasteiger partial charge in [0.15, 0.2) is 6.17 Å². The van der Waals surface area contributed by atoms with Gasteiger partial charge in [-0.1, -0.05) is 158 Å². The van der Waals surface area contributed by atoms with Crippen molar-refractivity contribution in [2.75, 3.05) is 0 Å². The number of rotatable bonds is 6. The molecule has 1 aliphatic rings. The number of fused-ring (bicyclic) bond motifs is 4. The van der Waals surface area contributed by atoms with Gasteiger partial charge in [-0.05, 0) is 74.5 Å². The third-order valence-electron chi connectivity index (χ3n) is 10.1. The fraction of sp³-hybridized carbons (Fsp3) is 0.0204. The SMILES string of the molecule is c1ccc(-c2cccc(C3=NC(c4cccc5oc6cc(-c7ccccc7)ccc6c45)N=C(c4ccc(-c5ccc6ccccc6c5)cc4)N3)c2)cc1. The summed E-state index contributed by atoms with van der Waals surface area (Å²) in [6.45, 7) is 0. The van der Waals surface area contributed by atoms with E-state index in [9.17, 15) is 0 Å². The van der Waals surface area contributed by atoms with Crippen LogP contribution in [0, 0.1) is 0 Å². The van der Waals surface area contributed by atoms with E-state index in [0.29, 0.717) is 0 Å². The van der Waals surface area contributed by atoms with Crippen molar-refractivity contribution >= 4 is 44.4 Å². The highest BCUT2D eigenvalue weighted by atomic mass is 16.3. The molecule has 0 spiro atoms. The van der Waals surface area contributed by atoms with Gasteiger partial charge in [-0.2, -0.15) is 0 Å². The van der Waals surface area contributed by atoms with E-state index in [-0.39, 0.29) is 0 Å². The molecular formula is C49H33N3O. The highest BCUT2D eigenvalue weighted by molar-refractivity contribution is 6.17. The van der Waals surface area contributed by atoms with Crippen molar-refractivity contribution < 1.29 is 4.42 Å². The number of amidine groups is 2. The fourth-order valence-electron chi connectivity index (χ4n) is 7.43. The fourth-order valence-corrected chi connectivity index (χ4v) is 7.43. The highest BCUT2D eigenvalue weighted by Gasteiger charge is 2.24. The molecule has 0 fully saturated rings. The summed E-state index contributed by atoms with van der Waals surface area (Å²) in [4.78, 5) is 10.6. The van der Waals surface area contributed by atoms with Crippen LogP contribution in [0.2, 0.25) is 0 Å². The Bertz CT molecular complexity index is 2850. The van der Waals surface area contributed by atoms with Gasteiger partial charge in [-0.15, -0.1) is 0 Å². The van der Waals surface area contributed by atoms with Gasteiger partial charge in [0.2, 0.25) is 0 Å². The second-order valence-electron chi connectivity index (χ2n) is 13.4. The molecule has 0 bridgehead atoms. The molecular weight excluding hydrogens is 647 g/mol. The van der Waals surface area contributed by atoms with Crippen LogP contribution < -0.4 is 5.32 Å². The van der Waals surface area contributed by atoms with Crippen LogP contribution in [0.25, 0.3) is 66.1 Å². The van der Waals surface area contributed by atoms with Crippen molar-refractivity contribution in [3.8, 4) is 33.4 Å². The average molecular weight is 680 g/mol. The van der Waals surface area contributed by atoms with Gasteiger partial charge in [0.05, 0.1) is 0 Å².